The average Bonchev–Trinajstić information content (AvgIpc) is 2.83. The molecule has 0 amide bonds. The zero-order valence-electron chi connectivity index (χ0n) is 10.8. The van der Waals surface area contributed by atoms with Gasteiger partial charge in [0.2, 0.25) is 5.88 Å². The van der Waals surface area contributed by atoms with Gasteiger partial charge >= 0.3 is 0 Å². The minimum atomic E-state index is 0.0567. The van der Waals surface area contributed by atoms with E-state index in [-0.39, 0.29) is 6.10 Å². The second-order valence-corrected chi connectivity index (χ2v) is 5.87. The van der Waals surface area contributed by atoms with Crippen LogP contribution in [0.25, 0.3) is 0 Å². The van der Waals surface area contributed by atoms with E-state index in [0.717, 1.165) is 6.54 Å². The monoisotopic (exact) mass is 268 g/mol. The van der Waals surface area contributed by atoms with E-state index in [1.54, 1.807) is 0 Å². The maximum Gasteiger partial charge on any atom is 0.242 e. The molecular formula is C12H20N4OS. The van der Waals surface area contributed by atoms with E-state index >= 15 is 0 Å². The molecule has 1 fully saturated rings. The summed E-state index contributed by atoms with van der Waals surface area (Å²) >= 11 is 2.00. The molecular weight excluding hydrogens is 248 g/mol. The Morgan fingerprint density at radius 2 is 2.39 bits per heavy atom. The Balaban J connectivity index is 1.98. The normalized spacial score (nSPS) is 19.2. The highest BCUT2D eigenvalue weighted by Crippen LogP contribution is 2.27. The van der Waals surface area contributed by atoms with Gasteiger partial charge in [-0.1, -0.05) is 0 Å². The molecule has 1 aromatic rings. The second kappa shape index (κ2) is 6.13. The van der Waals surface area contributed by atoms with Crippen LogP contribution in [-0.2, 0) is 0 Å². The molecule has 0 saturated carbocycles. The maximum atomic E-state index is 6.00. The quantitative estimate of drug-likeness (QED) is 0.851. The van der Waals surface area contributed by atoms with Crippen LogP contribution in [0.3, 0.4) is 0 Å². The minimum absolute atomic E-state index is 0.0567. The zero-order chi connectivity index (χ0) is 13.0. The van der Waals surface area contributed by atoms with Gasteiger partial charge in [-0.05, 0) is 37.7 Å². The molecule has 0 bridgehead atoms. The molecule has 1 atom stereocenters. The Hall–Kier alpha value is -1.17. The number of hydrogen-bond donors (Lipinski definition) is 2. The first-order valence-corrected chi connectivity index (χ1v) is 7.41. The Labute approximate surface area is 112 Å². The molecule has 1 aliphatic rings. The molecule has 0 radical (unpaired) electrons. The van der Waals surface area contributed by atoms with Gasteiger partial charge in [0.25, 0.3) is 0 Å². The van der Waals surface area contributed by atoms with Crippen molar-refractivity contribution in [2.75, 3.05) is 29.1 Å². The average molecular weight is 268 g/mol. The van der Waals surface area contributed by atoms with Crippen LogP contribution in [-0.4, -0.2) is 34.1 Å². The van der Waals surface area contributed by atoms with Gasteiger partial charge in [0.15, 0.2) is 5.82 Å². The fourth-order valence-electron chi connectivity index (χ4n) is 1.82. The molecule has 100 valence electrons. The number of ether oxygens (including phenoxy) is 1. The molecule has 3 N–H and O–H groups in total. The molecule has 0 spiro atoms. The molecule has 2 heterocycles. The fourth-order valence-corrected chi connectivity index (χ4v) is 3.11. The molecule has 1 saturated heterocycles. The summed E-state index contributed by atoms with van der Waals surface area (Å²) in [6.07, 6.45) is 2.80. The van der Waals surface area contributed by atoms with Crippen molar-refractivity contribution in [1.29, 1.82) is 0 Å². The van der Waals surface area contributed by atoms with Gasteiger partial charge in [-0.25, -0.2) is 4.98 Å². The van der Waals surface area contributed by atoms with Crippen LogP contribution in [0.15, 0.2) is 6.33 Å². The van der Waals surface area contributed by atoms with E-state index in [9.17, 15) is 0 Å². The minimum Gasteiger partial charge on any atom is -0.473 e. The summed E-state index contributed by atoms with van der Waals surface area (Å²) in [5.41, 5.74) is 6.50. The van der Waals surface area contributed by atoms with Crippen molar-refractivity contribution in [3.8, 4) is 5.88 Å². The number of nitrogens with two attached hydrogens (primary N) is 1. The smallest absolute Gasteiger partial charge is 0.242 e. The number of rotatable bonds is 5. The van der Waals surface area contributed by atoms with Crippen molar-refractivity contribution in [3.05, 3.63) is 6.33 Å². The van der Waals surface area contributed by atoms with Gasteiger partial charge in [0, 0.05) is 6.54 Å². The lowest BCUT2D eigenvalue weighted by atomic mass is 10.1. The number of hydrogen-bond acceptors (Lipinski definition) is 6. The third-order valence-electron chi connectivity index (χ3n) is 2.78. The number of thioether (sulfide) groups is 1. The summed E-state index contributed by atoms with van der Waals surface area (Å²) in [5.74, 6) is 4.32. The van der Waals surface area contributed by atoms with Crippen LogP contribution in [0.4, 0.5) is 11.5 Å². The summed E-state index contributed by atoms with van der Waals surface area (Å²) in [7, 11) is 0. The van der Waals surface area contributed by atoms with E-state index in [0.29, 0.717) is 23.3 Å². The van der Waals surface area contributed by atoms with E-state index in [4.69, 9.17) is 10.5 Å². The summed E-state index contributed by atoms with van der Waals surface area (Å²) in [6.45, 7) is 4.81. The van der Waals surface area contributed by atoms with Crippen LogP contribution in [0.5, 0.6) is 5.88 Å². The van der Waals surface area contributed by atoms with Crippen LogP contribution in [0.1, 0.15) is 20.3 Å². The van der Waals surface area contributed by atoms with Gasteiger partial charge in [0.1, 0.15) is 12.0 Å². The Kier molecular flexibility index (Phi) is 4.52. The number of nitrogens with zero attached hydrogens (tertiary/aromatic N) is 2. The summed E-state index contributed by atoms with van der Waals surface area (Å²) in [5, 5.41) is 3.30. The Morgan fingerprint density at radius 1 is 1.56 bits per heavy atom. The molecule has 0 aromatic carbocycles. The summed E-state index contributed by atoms with van der Waals surface area (Å²) in [4.78, 5) is 8.23. The molecule has 6 heteroatoms. The van der Waals surface area contributed by atoms with Crippen molar-refractivity contribution in [2.24, 2.45) is 5.92 Å². The first-order chi connectivity index (χ1) is 8.66. The third-order valence-corrected chi connectivity index (χ3v) is 4.01. The van der Waals surface area contributed by atoms with Crippen LogP contribution in [0, 0.1) is 5.92 Å². The van der Waals surface area contributed by atoms with Gasteiger partial charge < -0.3 is 15.8 Å². The van der Waals surface area contributed by atoms with Crippen LogP contribution >= 0.6 is 11.8 Å². The van der Waals surface area contributed by atoms with Gasteiger partial charge in [-0.15, -0.1) is 0 Å². The first kappa shape index (κ1) is 13.3. The number of anilines is 2. The number of nitrogen functional groups attached to an aromatic ring is 1. The topological polar surface area (TPSA) is 73.1 Å². The Bertz CT molecular complexity index is 394. The number of aromatic nitrogens is 2. The zero-order valence-corrected chi connectivity index (χ0v) is 11.7. The summed E-state index contributed by atoms with van der Waals surface area (Å²) in [6, 6.07) is 0. The lowest BCUT2D eigenvalue weighted by Crippen LogP contribution is -2.16. The first-order valence-electron chi connectivity index (χ1n) is 6.25. The van der Waals surface area contributed by atoms with Gasteiger partial charge in [-0.3, -0.25) is 0 Å². The van der Waals surface area contributed by atoms with Gasteiger partial charge in [-0.2, -0.15) is 16.7 Å². The molecule has 2 rings (SSSR count). The van der Waals surface area contributed by atoms with Crippen molar-refractivity contribution in [3.63, 3.8) is 0 Å². The van der Waals surface area contributed by atoms with Crippen molar-refractivity contribution in [1.82, 2.24) is 9.97 Å². The van der Waals surface area contributed by atoms with E-state index in [1.807, 2.05) is 25.6 Å². The van der Waals surface area contributed by atoms with Gasteiger partial charge in [0.05, 0.1) is 6.10 Å². The molecule has 1 aromatic heterocycles. The van der Waals surface area contributed by atoms with Crippen molar-refractivity contribution >= 4 is 23.3 Å². The SMILES string of the molecule is CC(C)Oc1ncnc(NCC2CCSC2)c1N. The summed E-state index contributed by atoms with van der Waals surface area (Å²) < 4.78 is 5.54. The standard InChI is InChI=1S/C12H20N4OS/c1-8(2)17-12-10(13)11(15-7-16-12)14-5-9-3-4-18-6-9/h7-9H,3-6,13H2,1-2H3,(H,14,15,16). The van der Waals surface area contributed by atoms with Crippen LogP contribution < -0.4 is 15.8 Å². The highest BCUT2D eigenvalue weighted by Gasteiger charge is 2.17. The molecule has 18 heavy (non-hydrogen) atoms. The predicted octanol–water partition coefficient (Wildman–Crippen LogP) is 2.01. The lowest BCUT2D eigenvalue weighted by molar-refractivity contribution is 0.234. The molecule has 5 nitrogen and oxygen atoms in total. The van der Waals surface area contributed by atoms with Crippen molar-refractivity contribution in [2.45, 2.75) is 26.4 Å². The highest BCUT2D eigenvalue weighted by molar-refractivity contribution is 7.99. The Morgan fingerprint density at radius 3 is 3.06 bits per heavy atom. The molecule has 0 aliphatic carbocycles. The lowest BCUT2D eigenvalue weighted by Gasteiger charge is -2.15. The predicted molar refractivity (Wildman–Crippen MR) is 76.1 cm³/mol. The molecule has 1 aliphatic heterocycles. The third kappa shape index (κ3) is 3.41. The largest absolute Gasteiger partial charge is 0.473 e. The second-order valence-electron chi connectivity index (χ2n) is 4.72. The van der Waals surface area contributed by atoms with Crippen molar-refractivity contribution < 1.29 is 4.74 Å². The van der Waals surface area contributed by atoms with Crippen LogP contribution in [0.2, 0.25) is 0 Å². The van der Waals surface area contributed by atoms with E-state index < -0.39 is 0 Å². The fraction of sp³-hybridized carbons (Fsp3) is 0.667. The number of nitrogens with one attached hydrogen (secondary N) is 1. The van der Waals surface area contributed by atoms with E-state index in [1.165, 1.54) is 24.3 Å². The maximum absolute atomic E-state index is 6.00. The molecule has 1 unspecified atom stereocenters. The van der Waals surface area contributed by atoms with E-state index in [2.05, 4.69) is 15.3 Å². The highest BCUT2D eigenvalue weighted by atomic mass is 32.2.